The molecular formula is C60H106N26O3S. The van der Waals surface area contributed by atoms with Crippen molar-refractivity contribution >= 4 is 11.5 Å². The molecule has 0 fully saturated rings. The molecular weight excluding hydrogens is 1160 g/mol. The highest BCUT2D eigenvalue weighted by atomic mass is 32.1. The Morgan fingerprint density at radius 2 is 0.956 bits per heavy atom. The van der Waals surface area contributed by atoms with Crippen molar-refractivity contribution < 1.29 is 13.8 Å². The lowest BCUT2D eigenvalue weighted by atomic mass is 9.90. The molecule has 4 N–H and O–H groups in total. The molecule has 0 radical (unpaired) electrons. The van der Waals surface area contributed by atoms with Crippen molar-refractivity contribution in [2.45, 2.75) is 262 Å². The molecule has 0 aromatic carbocycles. The van der Waals surface area contributed by atoms with Crippen molar-refractivity contribution in [2.75, 3.05) is 0 Å². The van der Waals surface area contributed by atoms with Crippen LogP contribution in [0.3, 0.4) is 0 Å². The van der Waals surface area contributed by atoms with Gasteiger partial charge in [0, 0.05) is 56.0 Å². The summed E-state index contributed by atoms with van der Waals surface area (Å²) in [5.74, 6) is 1.39. The molecule has 0 unspecified atom stereocenters. The Hall–Kier alpha value is -8.18. The zero-order chi connectivity index (χ0) is 69.1. The van der Waals surface area contributed by atoms with E-state index in [2.05, 4.69) is 283 Å². The third-order valence-corrected chi connectivity index (χ3v) is 12.3. The van der Waals surface area contributed by atoms with E-state index < -0.39 is 0 Å². The quantitative estimate of drug-likeness (QED) is 0.110. The fourth-order valence-corrected chi connectivity index (χ4v) is 6.11. The van der Waals surface area contributed by atoms with Gasteiger partial charge in [-0.2, -0.15) is 41.1 Å². The Labute approximate surface area is 536 Å². The number of hydrogen-bond acceptors (Lipinski definition) is 24. The molecule has 10 aromatic heterocycles. The first kappa shape index (κ1) is 79.8. The summed E-state index contributed by atoms with van der Waals surface area (Å²) in [5.41, 5.74) is 7.64. The molecule has 30 heteroatoms. The van der Waals surface area contributed by atoms with E-state index >= 15 is 0 Å². The second-order valence-corrected chi connectivity index (χ2v) is 31.4. The van der Waals surface area contributed by atoms with E-state index in [4.69, 9.17) is 4.52 Å². The van der Waals surface area contributed by atoms with E-state index in [0.717, 1.165) is 28.5 Å². The number of aromatic amines is 4. The molecule has 0 aliphatic rings. The third kappa shape index (κ3) is 33.4. The fraction of sp³-hybridized carbons (Fsp3) is 0.667. The van der Waals surface area contributed by atoms with Crippen LogP contribution in [0.5, 0.6) is 0 Å². The summed E-state index contributed by atoms with van der Waals surface area (Å²) < 4.78 is 21.2. The summed E-state index contributed by atoms with van der Waals surface area (Å²) in [4.78, 5) is 0. The van der Waals surface area contributed by atoms with Crippen LogP contribution in [0.15, 0.2) is 87.8 Å². The Morgan fingerprint density at radius 3 is 1.16 bits per heavy atom. The van der Waals surface area contributed by atoms with Crippen molar-refractivity contribution in [3.05, 3.63) is 119 Å². The van der Waals surface area contributed by atoms with Crippen LogP contribution in [-0.4, -0.2) is 132 Å². The van der Waals surface area contributed by atoms with Gasteiger partial charge in [-0.15, -0.1) is 25.5 Å². The number of nitrogens with one attached hydrogen (secondary N) is 4. The van der Waals surface area contributed by atoms with Crippen molar-refractivity contribution in [1.29, 1.82) is 0 Å². The highest BCUT2D eigenvalue weighted by molar-refractivity contribution is 7.03. The lowest BCUT2D eigenvalue weighted by Gasteiger charge is -2.18. The molecule has 0 saturated carbocycles. The van der Waals surface area contributed by atoms with Gasteiger partial charge in [-0.1, -0.05) is 192 Å². The van der Waals surface area contributed by atoms with Gasteiger partial charge in [0.1, 0.15) is 30.9 Å². The first-order chi connectivity index (χ1) is 41.1. The topological polar surface area (TPSA) is 370 Å². The molecule has 0 amide bonds. The van der Waals surface area contributed by atoms with Gasteiger partial charge < -0.3 is 9.09 Å². The van der Waals surface area contributed by atoms with Crippen LogP contribution in [0.4, 0.5) is 0 Å². The number of aromatic nitrogens is 26. The van der Waals surface area contributed by atoms with E-state index in [9.17, 15) is 0 Å². The Bertz CT molecular complexity index is 2460. The second-order valence-electron chi connectivity index (χ2n) is 30.7. The molecule has 0 atom stereocenters. The molecule has 0 saturated heterocycles. The summed E-state index contributed by atoms with van der Waals surface area (Å²) in [6, 6.07) is 0. The first-order valence-corrected chi connectivity index (χ1v) is 30.2. The number of nitrogens with zero attached hydrogens (tertiary/aromatic N) is 22. The van der Waals surface area contributed by atoms with Gasteiger partial charge in [0.2, 0.25) is 5.82 Å². The van der Waals surface area contributed by atoms with E-state index in [1.807, 2.05) is 85.5 Å². The number of tetrazole rings is 2. The van der Waals surface area contributed by atoms with Crippen molar-refractivity contribution in [3.63, 3.8) is 0 Å². The van der Waals surface area contributed by atoms with Gasteiger partial charge in [0.25, 0.3) is 0 Å². The molecule has 29 nitrogen and oxygen atoms in total. The van der Waals surface area contributed by atoms with Gasteiger partial charge in [0.05, 0.1) is 53.2 Å². The number of H-pyrrole nitrogens is 4. The largest absolute Gasteiger partial charge is 0.364 e. The maximum atomic E-state index is 4.69. The van der Waals surface area contributed by atoms with E-state index in [-0.39, 0.29) is 54.4 Å². The van der Waals surface area contributed by atoms with Gasteiger partial charge >= 0.3 is 0 Å². The molecule has 0 aliphatic carbocycles. The molecule has 0 aliphatic heterocycles. The van der Waals surface area contributed by atoms with E-state index in [1.54, 1.807) is 54.7 Å². The fourth-order valence-electron chi connectivity index (χ4n) is 5.35. The second kappa shape index (κ2) is 34.7. The molecule has 90 heavy (non-hydrogen) atoms. The molecule has 10 aromatic rings. The van der Waals surface area contributed by atoms with Gasteiger partial charge in [-0.25, -0.2) is 18.3 Å². The summed E-state index contributed by atoms with van der Waals surface area (Å²) in [6.07, 6.45) is 19.4. The maximum Gasteiger partial charge on any atom is 0.201 e. The van der Waals surface area contributed by atoms with Crippen LogP contribution < -0.4 is 0 Å². The van der Waals surface area contributed by atoms with Crippen LogP contribution in [0, 0.1) is 0 Å². The third-order valence-electron chi connectivity index (χ3n) is 11.7. The molecule has 500 valence electrons. The van der Waals surface area contributed by atoms with Gasteiger partial charge in [-0.05, 0) is 96.0 Å². The molecule has 10 heterocycles. The highest BCUT2D eigenvalue weighted by Crippen LogP contribution is 2.24. The normalized spacial score (nSPS) is 11.9. The highest BCUT2D eigenvalue weighted by Gasteiger charge is 2.22. The van der Waals surface area contributed by atoms with E-state index in [1.165, 1.54) is 22.7 Å². The Kier molecular flexibility index (Phi) is 30.8. The van der Waals surface area contributed by atoms with Crippen LogP contribution >= 0.6 is 11.5 Å². The average molecular weight is 1270 g/mol. The van der Waals surface area contributed by atoms with Crippen LogP contribution in [-0.2, 0) is 54.4 Å². The minimum atomic E-state index is -0.0556. The summed E-state index contributed by atoms with van der Waals surface area (Å²) >= 11 is 1.52. The smallest absolute Gasteiger partial charge is 0.201 e. The van der Waals surface area contributed by atoms with Crippen LogP contribution in [0.1, 0.15) is 253 Å². The van der Waals surface area contributed by atoms with Crippen molar-refractivity contribution in [2.24, 2.45) is 0 Å². The minimum Gasteiger partial charge on any atom is -0.364 e. The SMILES string of the molecule is CC(C)(C)c1cn[nH]c1.CC(C)(C)c1cn[nH]n1.CC(C)(C)c1cn[nH]n1.CC(C)(C)c1cnoc1.CC(C)(C)c1cnon1.CC(C)(C)c1cnsc1.CC(C)(C)c1nn[nH]n1.CC(C)(C)c1nnon1.CC(C)(C)n1cnnc1.CC(C)(C)n1cnnn1. The average Bonchev–Trinajstić information content (AvgIpc) is 4.52. The monoisotopic (exact) mass is 1270 g/mol. The lowest BCUT2D eigenvalue weighted by molar-refractivity contribution is 0.287. The molecule has 0 bridgehead atoms. The van der Waals surface area contributed by atoms with Crippen LogP contribution in [0.2, 0.25) is 0 Å². The zero-order valence-electron chi connectivity index (χ0n) is 59.4. The zero-order valence-corrected chi connectivity index (χ0v) is 60.2. The maximum absolute atomic E-state index is 4.69. The predicted octanol–water partition coefficient (Wildman–Crippen LogP) is 12.4. The summed E-state index contributed by atoms with van der Waals surface area (Å²) in [7, 11) is 0. The van der Waals surface area contributed by atoms with Gasteiger partial charge in [0.15, 0.2) is 5.82 Å². The number of rotatable bonds is 0. The number of hydrogen-bond donors (Lipinski definition) is 4. The summed E-state index contributed by atoms with van der Waals surface area (Å²) in [6.45, 7) is 62.8. The van der Waals surface area contributed by atoms with Crippen molar-refractivity contribution in [3.8, 4) is 0 Å². The minimum absolute atomic E-state index is 0.00347. The molecule has 10 rings (SSSR count). The summed E-state index contributed by atoms with van der Waals surface area (Å²) in [5, 5.41) is 82.3. The molecule has 0 spiro atoms. The van der Waals surface area contributed by atoms with Crippen LogP contribution in [0.25, 0.3) is 0 Å². The lowest BCUT2D eigenvalue weighted by Crippen LogP contribution is -2.22. The van der Waals surface area contributed by atoms with Crippen molar-refractivity contribution in [1.82, 2.24) is 132 Å². The Morgan fingerprint density at radius 1 is 0.422 bits per heavy atom. The predicted molar refractivity (Wildman–Crippen MR) is 348 cm³/mol. The standard InChI is InChI=1S/C7H12N2.C7H11NO.C7H11NS.3C6H11N3.C6H10N2O.2C5H10N4.C5H9N3O/c3*1-7(2,3)6-4-8-9-5-6;1-6(2,3)9-4-7-8-5-9;3*1-6(2,3)5-4-7-9-8-5;1-5(2,3)9-4-6-7-8-9;2*1-5(2,3)4-6-8-9-7-4/h4-5H,1-3H3,(H,8,9);3*4-5H,1-3H3;2*4H,1-3H3,(H,7,8,9);2*4H,1-3H3;1-3H3,(H,6,7,8,9);1-3H3. The van der Waals surface area contributed by atoms with Gasteiger partial charge in [-0.3, -0.25) is 5.10 Å². The van der Waals surface area contributed by atoms with E-state index in [0.29, 0.717) is 5.82 Å². The first-order valence-electron chi connectivity index (χ1n) is 29.3. The Balaban J connectivity index is 0.000000500.